The maximum Gasteiger partial charge on any atom is 0.323 e. The maximum absolute atomic E-state index is 5.60. The lowest BCUT2D eigenvalue weighted by atomic mass is 10.4. The molecule has 1 heterocycles. The summed E-state index contributed by atoms with van der Waals surface area (Å²) in [5.74, 6) is 1.58. The third-order valence-electron chi connectivity index (χ3n) is 1.77. The van der Waals surface area contributed by atoms with Crippen molar-refractivity contribution in [3.05, 3.63) is 0 Å². The molecule has 0 aromatic carbocycles. The van der Waals surface area contributed by atoms with E-state index < -0.39 is 0 Å². The maximum atomic E-state index is 5.60. The largest absolute Gasteiger partial charge is 0.461 e. The number of nitrogens with two attached hydrogens (primary N) is 1. The summed E-state index contributed by atoms with van der Waals surface area (Å²) in [6, 6.07) is 0.519. The van der Waals surface area contributed by atoms with Crippen LogP contribution in [0, 0.1) is 0 Å². The van der Waals surface area contributed by atoms with Crippen LogP contribution in [-0.4, -0.2) is 39.1 Å². The highest BCUT2D eigenvalue weighted by Gasteiger charge is 2.09. The van der Waals surface area contributed by atoms with E-state index in [9.17, 15) is 0 Å². The molecule has 1 atom stereocenters. The van der Waals surface area contributed by atoms with Crippen molar-refractivity contribution in [3.63, 3.8) is 0 Å². The molecule has 0 aliphatic rings. The first-order valence-corrected chi connectivity index (χ1v) is 6.84. The fraction of sp³-hybridized carbons (Fsp3) is 0.700. The first-order valence-electron chi connectivity index (χ1n) is 5.45. The van der Waals surface area contributed by atoms with E-state index in [1.807, 2.05) is 20.1 Å². The Balaban J connectivity index is 2.74. The molecule has 0 aliphatic heterocycles. The SMILES string of the molecule is CSCC(C)Nc1nc(N)nc(OC(C)C)n1. The number of anilines is 2. The molecular formula is C10H19N5OS. The summed E-state index contributed by atoms with van der Waals surface area (Å²) in [6.07, 6.45) is 2.06. The second-order valence-corrected chi connectivity index (χ2v) is 4.88. The average molecular weight is 257 g/mol. The van der Waals surface area contributed by atoms with E-state index >= 15 is 0 Å². The molecule has 0 saturated heterocycles. The summed E-state index contributed by atoms with van der Waals surface area (Å²) in [4.78, 5) is 12.1. The first kappa shape index (κ1) is 13.8. The lowest BCUT2D eigenvalue weighted by Gasteiger charge is -2.13. The number of nitrogens with one attached hydrogen (secondary N) is 1. The van der Waals surface area contributed by atoms with Crippen molar-refractivity contribution in [3.8, 4) is 6.01 Å². The topological polar surface area (TPSA) is 86.0 Å². The number of thioether (sulfide) groups is 1. The van der Waals surface area contributed by atoms with Crippen LogP contribution in [0.25, 0.3) is 0 Å². The van der Waals surface area contributed by atoms with Gasteiger partial charge in [0.15, 0.2) is 0 Å². The molecule has 7 heteroatoms. The molecular weight excluding hydrogens is 238 g/mol. The number of nitrogens with zero attached hydrogens (tertiary/aromatic N) is 3. The Bertz CT molecular complexity index is 361. The Morgan fingerprint density at radius 1 is 1.29 bits per heavy atom. The smallest absolute Gasteiger partial charge is 0.323 e. The highest BCUT2D eigenvalue weighted by molar-refractivity contribution is 7.98. The number of hydrogen-bond acceptors (Lipinski definition) is 7. The van der Waals surface area contributed by atoms with E-state index in [0.717, 1.165) is 5.75 Å². The predicted octanol–water partition coefficient (Wildman–Crippen LogP) is 1.40. The van der Waals surface area contributed by atoms with Crippen molar-refractivity contribution >= 4 is 23.7 Å². The normalized spacial score (nSPS) is 12.5. The van der Waals surface area contributed by atoms with Crippen molar-refractivity contribution < 1.29 is 4.74 Å². The van der Waals surface area contributed by atoms with Gasteiger partial charge in [0, 0.05) is 11.8 Å². The Morgan fingerprint density at radius 3 is 2.59 bits per heavy atom. The molecule has 0 fully saturated rings. The molecule has 0 spiro atoms. The quantitative estimate of drug-likeness (QED) is 0.796. The molecule has 1 unspecified atom stereocenters. The Labute approximate surface area is 106 Å². The first-order chi connectivity index (χ1) is 8.01. The van der Waals surface area contributed by atoms with Gasteiger partial charge in [0.05, 0.1) is 6.10 Å². The van der Waals surface area contributed by atoms with Crippen LogP contribution >= 0.6 is 11.8 Å². The molecule has 0 amide bonds. The number of ether oxygens (including phenoxy) is 1. The number of aromatic nitrogens is 3. The van der Waals surface area contributed by atoms with Crippen LogP contribution in [0.3, 0.4) is 0 Å². The van der Waals surface area contributed by atoms with Gasteiger partial charge in [-0.1, -0.05) is 0 Å². The van der Waals surface area contributed by atoms with Gasteiger partial charge in [-0.15, -0.1) is 0 Å². The van der Waals surface area contributed by atoms with E-state index in [-0.39, 0.29) is 24.1 Å². The van der Waals surface area contributed by atoms with E-state index in [2.05, 4.69) is 27.2 Å². The summed E-state index contributed by atoms with van der Waals surface area (Å²) >= 11 is 1.75. The predicted molar refractivity (Wildman–Crippen MR) is 71.5 cm³/mol. The van der Waals surface area contributed by atoms with Crippen molar-refractivity contribution in [1.82, 2.24) is 15.0 Å². The highest BCUT2D eigenvalue weighted by Crippen LogP contribution is 2.12. The monoisotopic (exact) mass is 257 g/mol. The van der Waals surface area contributed by atoms with Gasteiger partial charge < -0.3 is 15.8 Å². The summed E-state index contributed by atoms with van der Waals surface area (Å²) < 4.78 is 5.39. The minimum absolute atomic E-state index is 0.00766. The van der Waals surface area contributed by atoms with Gasteiger partial charge in [0.1, 0.15) is 0 Å². The zero-order valence-corrected chi connectivity index (χ0v) is 11.4. The van der Waals surface area contributed by atoms with Gasteiger partial charge in [-0.3, -0.25) is 0 Å². The van der Waals surface area contributed by atoms with Gasteiger partial charge in [0.25, 0.3) is 0 Å². The molecule has 1 aromatic heterocycles. The fourth-order valence-corrected chi connectivity index (χ4v) is 1.80. The molecule has 1 aromatic rings. The van der Waals surface area contributed by atoms with Crippen LogP contribution in [0.2, 0.25) is 0 Å². The van der Waals surface area contributed by atoms with Crippen LogP contribution in [0.1, 0.15) is 20.8 Å². The standard InChI is InChI=1S/C10H19N5OS/c1-6(2)16-10-14-8(11)13-9(15-10)12-7(3)5-17-4/h6-7H,5H2,1-4H3,(H3,11,12,13,14,15). The van der Waals surface area contributed by atoms with Crippen LogP contribution in [0.5, 0.6) is 6.01 Å². The van der Waals surface area contributed by atoms with E-state index in [1.54, 1.807) is 11.8 Å². The Morgan fingerprint density at radius 2 is 2.00 bits per heavy atom. The Hall–Kier alpha value is -1.24. The average Bonchev–Trinajstić information content (AvgIpc) is 2.14. The lowest BCUT2D eigenvalue weighted by Crippen LogP contribution is -2.21. The van der Waals surface area contributed by atoms with Gasteiger partial charge in [0.2, 0.25) is 11.9 Å². The molecule has 17 heavy (non-hydrogen) atoms. The van der Waals surface area contributed by atoms with Crippen molar-refractivity contribution in [2.24, 2.45) is 0 Å². The van der Waals surface area contributed by atoms with Crippen molar-refractivity contribution in [1.29, 1.82) is 0 Å². The minimum Gasteiger partial charge on any atom is -0.461 e. The van der Waals surface area contributed by atoms with Gasteiger partial charge in [-0.2, -0.15) is 26.7 Å². The summed E-state index contributed by atoms with van der Waals surface area (Å²) in [6.45, 7) is 5.87. The third-order valence-corrected chi connectivity index (χ3v) is 2.60. The molecule has 6 nitrogen and oxygen atoms in total. The van der Waals surface area contributed by atoms with Gasteiger partial charge in [-0.05, 0) is 27.0 Å². The van der Waals surface area contributed by atoms with E-state index in [1.165, 1.54) is 0 Å². The second-order valence-electron chi connectivity index (χ2n) is 3.97. The fourth-order valence-electron chi connectivity index (χ4n) is 1.21. The second kappa shape index (κ2) is 6.48. The van der Waals surface area contributed by atoms with Crippen molar-refractivity contribution in [2.75, 3.05) is 23.1 Å². The van der Waals surface area contributed by atoms with Crippen molar-refractivity contribution in [2.45, 2.75) is 32.9 Å². The molecule has 0 aliphatic carbocycles. The summed E-state index contributed by atoms with van der Waals surface area (Å²) in [5, 5.41) is 3.15. The van der Waals surface area contributed by atoms with Crippen LogP contribution in [0.15, 0.2) is 0 Å². The van der Waals surface area contributed by atoms with Crippen LogP contribution < -0.4 is 15.8 Å². The van der Waals surface area contributed by atoms with Crippen LogP contribution in [-0.2, 0) is 0 Å². The lowest BCUT2D eigenvalue weighted by molar-refractivity contribution is 0.222. The zero-order chi connectivity index (χ0) is 12.8. The minimum atomic E-state index is 0.00766. The summed E-state index contributed by atoms with van der Waals surface area (Å²) in [5.41, 5.74) is 5.60. The van der Waals surface area contributed by atoms with E-state index in [0.29, 0.717) is 5.95 Å². The molecule has 96 valence electrons. The molecule has 3 N–H and O–H groups in total. The van der Waals surface area contributed by atoms with Crippen LogP contribution in [0.4, 0.5) is 11.9 Å². The number of rotatable bonds is 6. The molecule has 0 bridgehead atoms. The molecule has 1 rings (SSSR count). The van der Waals surface area contributed by atoms with Gasteiger partial charge >= 0.3 is 6.01 Å². The number of nitrogen functional groups attached to an aromatic ring is 1. The Kier molecular flexibility index (Phi) is 5.27. The number of hydrogen-bond donors (Lipinski definition) is 2. The summed E-state index contributed by atoms with van der Waals surface area (Å²) in [7, 11) is 0. The van der Waals surface area contributed by atoms with Gasteiger partial charge in [-0.25, -0.2) is 0 Å². The van der Waals surface area contributed by atoms with E-state index in [4.69, 9.17) is 10.5 Å². The molecule has 0 saturated carbocycles. The molecule has 0 radical (unpaired) electrons. The third kappa shape index (κ3) is 5.08. The highest BCUT2D eigenvalue weighted by atomic mass is 32.2. The zero-order valence-electron chi connectivity index (χ0n) is 10.6.